The van der Waals surface area contributed by atoms with Gasteiger partial charge in [-0.15, -0.1) is 0 Å². The molecule has 2 amide bonds. The Kier molecular flexibility index (Phi) is 5.62. The molecule has 0 heterocycles. The van der Waals surface area contributed by atoms with Crippen molar-refractivity contribution in [3.05, 3.63) is 35.9 Å². The smallest absolute Gasteiger partial charge is 0.315 e. The first-order chi connectivity index (χ1) is 10.1. The first-order valence-corrected chi connectivity index (χ1v) is 7.83. The first-order valence-electron chi connectivity index (χ1n) is 7.83. The zero-order valence-corrected chi connectivity index (χ0v) is 12.8. The lowest BCUT2D eigenvalue weighted by atomic mass is 9.96. The number of aliphatic hydroxyl groups excluding tert-OH is 1. The van der Waals surface area contributed by atoms with Crippen molar-refractivity contribution in [3.63, 3.8) is 0 Å². The fourth-order valence-electron chi connectivity index (χ4n) is 2.63. The van der Waals surface area contributed by atoms with Crippen LogP contribution in [0, 0.1) is 5.41 Å². The quantitative estimate of drug-likeness (QED) is 0.689. The maximum absolute atomic E-state index is 11.9. The second-order valence-corrected chi connectivity index (χ2v) is 6.26. The summed E-state index contributed by atoms with van der Waals surface area (Å²) in [6, 6.07) is 10.5. The first kappa shape index (κ1) is 15.8. The average Bonchev–Trinajstić information content (AvgIpc) is 3.24. The molecule has 4 heteroatoms. The maximum Gasteiger partial charge on any atom is 0.315 e. The number of hydrogen-bond donors (Lipinski definition) is 3. The van der Waals surface area contributed by atoms with E-state index in [1.54, 1.807) is 0 Å². The largest absolute Gasteiger partial charge is 0.396 e. The van der Waals surface area contributed by atoms with Crippen molar-refractivity contribution in [2.45, 2.75) is 45.1 Å². The van der Waals surface area contributed by atoms with Crippen molar-refractivity contribution >= 4 is 6.03 Å². The van der Waals surface area contributed by atoms with Crippen LogP contribution in [0.15, 0.2) is 30.3 Å². The van der Waals surface area contributed by atoms with Crippen molar-refractivity contribution < 1.29 is 9.90 Å². The molecule has 1 aromatic rings. The Labute approximate surface area is 126 Å². The van der Waals surface area contributed by atoms with E-state index in [-0.39, 0.29) is 24.1 Å². The fourth-order valence-corrected chi connectivity index (χ4v) is 2.63. The van der Waals surface area contributed by atoms with Crippen LogP contribution in [0.1, 0.15) is 38.2 Å². The molecule has 116 valence electrons. The van der Waals surface area contributed by atoms with E-state index in [2.05, 4.69) is 34.9 Å². The number of hydrogen-bond acceptors (Lipinski definition) is 2. The van der Waals surface area contributed by atoms with Crippen molar-refractivity contribution in [1.29, 1.82) is 0 Å². The van der Waals surface area contributed by atoms with Gasteiger partial charge in [0.05, 0.1) is 0 Å². The molecule has 1 fully saturated rings. The van der Waals surface area contributed by atoms with Crippen molar-refractivity contribution in [2.75, 3.05) is 13.2 Å². The van der Waals surface area contributed by atoms with Crippen LogP contribution in [0.3, 0.4) is 0 Å². The van der Waals surface area contributed by atoms with E-state index < -0.39 is 0 Å². The number of aliphatic hydroxyl groups is 1. The SMILES string of the molecule is CC(CCCO)NC(=O)NCC1(Cc2ccccc2)CC1. The van der Waals surface area contributed by atoms with Gasteiger partial charge in [-0.05, 0) is 50.0 Å². The Morgan fingerprint density at radius 2 is 2.05 bits per heavy atom. The van der Waals surface area contributed by atoms with Gasteiger partial charge in [-0.1, -0.05) is 30.3 Å². The Hall–Kier alpha value is -1.55. The minimum atomic E-state index is -0.0974. The minimum Gasteiger partial charge on any atom is -0.396 e. The van der Waals surface area contributed by atoms with Gasteiger partial charge in [-0.2, -0.15) is 0 Å². The summed E-state index contributed by atoms with van der Waals surface area (Å²) in [5.41, 5.74) is 1.60. The highest BCUT2D eigenvalue weighted by molar-refractivity contribution is 5.74. The number of rotatable bonds is 8. The summed E-state index contributed by atoms with van der Waals surface area (Å²) in [6.45, 7) is 2.88. The van der Waals surface area contributed by atoms with E-state index in [9.17, 15) is 4.79 Å². The molecule has 0 bridgehead atoms. The molecular weight excluding hydrogens is 264 g/mol. The predicted molar refractivity (Wildman–Crippen MR) is 84.1 cm³/mol. The monoisotopic (exact) mass is 290 g/mol. The predicted octanol–water partition coefficient (Wildman–Crippen LogP) is 2.47. The van der Waals surface area contributed by atoms with Crippen LogP contribution < -0.4 is 10.6 Å². The summed E-state index contributed by atoms with van der Waals surface area (Å²) < 4.78 is 0. The third-order valence-corrected chi connectivity index (χ3v) is 4.18. The number of amides is 2. The Balaban J connectivity index is 1.71. The molecular formula is C17H26N2O2. The Morgan fingerprint density at radius 1 is 1.33 bits per heavy atom. The van der Waals surface area contributed by atoms with E-state index in [1.165, 1.54) is 18.4 Å². The lowest BCUT2D eigenvalue weighted by Crippen LogP contribution is -2.43. The molecule has 1 atom stereocenters. The van der Waals surface area contributed by atoms with Gasteiger partial charge in [0.15, 0.2) is 0 Å². The second kappa shape index (κ2) is 7.46. The number of carbonyl (C=O) groups excluding carboxylic acids is 1. The lowest BCUT2D eigenvalue weighted by Gasteiger charge is -2.18. The van der Waals surface area contributed by atoms with Gasteiger partial charge in [0.2, 0.25) is 0 Å². The van der Waals surface area contributed by atoms with Crippen LogP contribution in [-0.4, -0.2) is 30.3 Å². The highest BCUT2D eigenvalue weighted by Gasteiger charge is 2.42. The van der Waals surface area contributed by atoms with E-state index >= 15 is 0 Å². The molecule has 1 aliphatic rings. The van der Waals surface area contributed by atoms with Gasteiger partial charge in [0.25, 0.3) is 0 Å². The third-order valence-electron chi connectivity index (χ3n) is 4.18. The molecule has 1 aliphatic carbocycles. The van der Waals surface area contributed by atoms with Crippen molar-refractivity contribution in [2.24, 2.45) is 5.41 Å². The second-order valence-electron chi connectivity index (χ2n) is 6.26. The number of nitrogens with one attached hydrogen (secondary N) is 2. The zero-order valence-electron chi connectivity index (χ0n) is 12.8. The fraction of sp³-hybridized carbons (Fsp3) is 0.588. The summed E-state index contributed by atoms with van der Waals surface area (Å²) in [4.78, 5) is 11.9. The van der Waals surface area contributed by atoms with Gasteiger partial charge >= 0.3 is 6.03 Å². The van der Waals surface area contributed by atoms with Crippen LogP contribution in [0.5, 0.6) is 0 Å². The van der Waals surface area contributed by atoms with Crippen LogP contribution in [0.25, 0.3) is 0 Å². The third kappa shape index (κ3) is 5.38. The minimum absolute atomic E-state index is 0.0974. The van der Waals surface area contributed by atoms with E-state index in [4.69, 9.17) is 5.11 Å². The van der Waals surface area contributed by atoms with E-state index in [0.717, 1.165) is 25.8 Å². The molecule has 21 heavy (non-hydrogen) atoms. The summed E-state index contributed by atoms with van der Waals surface area (Å²) in [7, 11) is 0. The van der Waals surface area contributed by atoms with Crippen LogP contribution in [-0.2, 0) is 6.42 Å². The number of urea groups is 1. The molecule has 1 aromatic carbocycles. The average molecular weight is 290 g/mol. The number of carbonyl (C=O) groups is 1. The summed E-state index contributed by atoms with van der Waals surface area (Å²) >= 11 is 0. The molecule has 1 unspecified atom stereocenters. The van der Waals surface area contributed by atoms with Crippen molar-refractivity contribution in [3.8, 4) is 0 Å². The molecule has 0 spiro atoms. The zero-order chi connectivity index (χ0) is 15.1. The molecule has 0 radical (unpaired) electrons. The highest BCUT2D eigenvalue weighted by atomic mass is 16.3. The molecule has 0 aliphatic heterocycles. The molecule has 0 aromatic heterocycles. The molecule has 3 N–H and O–H groups in total. The molecule has 4 nitrogen and oxygen atoms in total. The maximum atomic E-state index is 11.9. The lowest BCUT2D eigenvalue weighted by molar-refractivity contribution is 0.231. The Bertz CT molecular complexity index is 443. The highest BCUT2D eigenvalue weighted by Crippen LogP contribution is 2.47. The van der Waals surface area contributed by atoms with Crippen LogP contribution >= 0.6 is 0 Å². The van der Waals surface area contributed by atoms with E-state index in [1.807, 2.05) is 13.0 Å². The molecule has 1 saturated carbocycles. The van der Waals surface area contributed by atoms with Gasteiger partial charge in [-0.3, -0.25) is 0 Å². The molecule has 2 rings (SSSR count). The van der Waals surface area contributed by atoms with Crippen molar-refractivity contribution in [1.82, 2.24) is 10.6 Å². The topological polar surface area (TPSA) is 61.4 Å². The van der Waals surface area contributed by atoms with Gasteiger partial charge < -0.3 is 15.7 Å². The van der Waals surface area contributed by atoms with Gasteiger partial charge in [0.1, 0.15) is 0 Å². The normalized spacial score (nSPS) is 17.0. The van der Waals surface area contributed by atoms with Gasteiger partial charge in [0, 0.05) is 19.2 Å². The summed E-state index contributed by atoms with van der Waals surface area (Å²) in [5, 5.41) is 14.7. The van der Waals surface area contributed by atoms with Crippen LogP contribution in [0.2, 0.25) is 0 Å². The van der Waals surface area contributed by atoms with E-state index in [0.29, 0.717) is 0 Å². The Morgan fingerprint density at radius 3 is 2.67 bits per heavy atom. The standard InChI is InChI=1S/C17H26N2O2/c1-14(6-5-11-20)19-16(21)18-13-17(9-10-17)12-15-7-3-2-4-8-15/h2-4,7-8,14,20H,5-6,9-13H2,1H3,(H2,18,19,21). The summed E-state index contributed by atoms with van der Waals surface area (Å²) in [5.74, 6) is 0. The summed E-state index contributed by atoms with van der Waals surface area (Å²) in [6.07, 6.45) is 4.93. The molecule has 0 saturated heterocycles. The number of benzene rings is 1. The van der Waals surface area contributed by atoms with Gasteiger partial charge in [-0.25, -0.2) is 4.79 Å². The van der Waals surface area contributed by atoms with Crippen LogP contribution in [0.4, 0.5) is 4.79 Å².